The van der Waals surface area contributed by atoms with Gasteiger partial charge in [-0.25, -0.2) is 9.97 Å². The van der Waals surface area contributed by atoms with Crippen LogP contribution in [-0.4, -0.2) is 64.1 Å². The molecule has 0 aliphatic carbocycles. The van der Waals surface area contributed by atoms with E-state index in [1.807, 2.05) is 18.2 Å². The molecule has 12 nitrogen and oxygen atoms in total. The molecule has 43 heavy (non-hydrogen) atoms. The van der Waals surface area contributed by atoms with E-state index in [0.29, 0.717) is 42.5 Å². The van der Waals surface area contributed by atoms with Crippen molar-refractivity contribution in [1.29, 1.82) is 0 Å². The van der Waals surface area contributed by atoms with Gasteiger partial charge < -0.3 is 30.6 Å². The Labute approximate surface area is 248 Å². The van der Waals surface area contributed by atoms with Crippen molar-refractivity contribution in [3.63, 3.8) is 0 Å². The number of anilines is 5. The van der Waals surface area contributed by atoms with Crippen LogP contribution in [0.15, 0.2) is 60.9 Å². The number of fused-ring (bicyclic) bond motifs is 3. The van der Waals surface area contributed by atoms with E-state index in [0.717, 1.165) is 49.8 Å². The van der Waals surface area contributed by atoms with Gasteiger partial charge in [-0.15, -0.1) is 0 Å². The lowest BCUT2D eigenvalue weighted by Gasteiger charge is -2.28. The van der Waals surface area contributed by atoms with Gasteiger partial charge in [0.05, 0.1) is 0 Å². The number of hydrogen-bond donors (Lipinski definition) is 4. The number of rotatable bonds is 3. The Morgan fingerprint density at radius 2 is 1.93 bits per heavy atom. The van der Waals surface area contributed by atoms with Gasteiger partial charge in [-0.3, -0.25) is 14.5 Å². The number of nitrogens with one attached hydrogen (secondary N) is 4. The highest BCUT2D eigenvalue weighted by Gasteiger charge is 2.27. The number of benzene rings is 1. The zero-order valence-electron chi connectivity index (χ0n) is 23.7. The second-order valence-electron chi connectivity index (χ2n) is 10.9. The highest BCUT2D eigenvalue weighted by Crippen LogP contribution is 2.33. The number of carbonyl (C=O) groups excluding carboxylic acids is 2. The lowest BCUT2D eigenvalue weighted by molar-refractivity contribution is -0.121. The van der Waals surface area contributed by atoms with E-state index in [4.69, 9.17) is 4.74 Å². The van der Waals surface area contributed by atoms with Gasteiger partial charge in [0, 0.05) is 48.1 Å². The Balaban J connectivity index is 1.19. The van der Waals surface area contributed by atoms with Crippen LogP contribution in [0.3, 0.4) is 0 Å². The second kappa shape index (κ2) is 11.7. The maximum absolute atomic E-state index is 13.1. The zero-order chi connectivity index (χ0) is 29.2. The van der Waals surface area contributed by atoms with Gasteiger partial charge in [-0.1, -0.05) is 12.2 Å². The van der Waals surface area contributed by atoms with Crippen molar-refractivity contribution >= 4 is 51.8 Å². The van der Waals surface area contributed by atoms with Gasteiger partial charge in [0.1, 0.15) is 17.2 Å². The van der Waals surface area contributed by atoms with E-state index in [-0.39, 0.29) is 29.8 Å². The average molecular weight is 580 g/mol. The molecule has 1 aromatic carbocycles. The van der Waals surface area contributed by atoms with Crippen LogP contribution in [0.1, 0.15) is 42.1 Å². The van der Waals surface area contributed by atoms with Crippen molar-refractivity contribution in [2.45, 2.75) is 31.7 Å². The molecule has 3 aliphatic rings. The van der Waals surface area contributed by atoms with Crippen molar-refractivity contribution in [2.24, 2.45) is 0 Å². The van der Waals surface area contributed by atoms with E-state index >= 15 is 0 Å². The summed E-state index contributed by atoms with van der Waals surface area (Å²) in [6, 6.07) is 12.4. The third kappa shape index (κ3) is 5.61. The minimum absolute atomic E-state index is 0.0185. The summed E-state index contributed by atoms with van der Waals surface area (Å²) in [5.41, 5.74) is 2.30. The van der Waals surface area contributed by atoms with Crippen LogP contribution in [0.2, 0.25) is 0 Å². The Bertz CT molecular complexity index is 1710. The smallest absolute Gasteiger partial charge is 0.266 e. The molecule has 7 rings (SSSR count). The first-order valence-corrected chi connectivity index (χ1v) is 14.7. The largest absolute Gasteiger partial charge is 0.480 e. The van der Waals surface area contributed by atoms with Crippen molar-refractivity contribution in [3.05, 3.63) is 66.5 Å². The molecule has 220 valence electrons. The SMILES string of the molecule is O=C1NC/C=C\CCCN2C(=O)COc3ccc(nc32)Nc2nc(Nc3ccc4c(ccn4C4CCNCC4)c3)ncc21. The minimum Gasteiger partial charge on any atom is -0.480 e. The molecule has 6 heterocycles. The number of carbonyl (C=O) groups is 2. The molecule has 2 amide bonds. The topological polar surface area (TPSA) is 138 Å². The molecule has 2 bridgehead atoms. The normalized spacial score (nSPS) is 18.5. The second-order valence-corrected chi connectivity index (χ2v) is 10.9. The fraction of sp³-hybridized carbons (Fsp3) is 0.323. The maximum Gasteiger partial charge on any atom is 0.266 e. The summed E-state index contributed by atoms with van der Waals surface area (Å²) in [6.45, 7) is 2.93. The third-order valence-corrected chi connectivity index (χ3v) is 8.01. The summed E-state index contributed by atoms with van der Waals surface area (Å²) in [7, 11) is 0. The number of allylic oxidation sites excluding steroid dienone is 1. The maximum atomic E-state index is 13.1. The molecular weight excluding hydrogens is 546 g/mol. The quantitative estimate of drug-likeness (QED) is 0.265. The summed E-state index contributed by atoms with van der Waals surface area (Å²) in [5.74, 6) is 1.57. The van der Waals surface area contributed by atoms with E-state index in [1.165, 1.54) is 11.7 Å². The molecule has 0 spiro atoms. The Kier molecular flexibility index (Phi) is 7.33. The first-order chi connectivity index (χ1) is 21.1. The fourth-order valence-corrected chi connectivity index (χ4v) is 5.79. The number of piperidine rings is 1. The molecule has 3 aliphatic heterocycles. The van der Waals surface area contributed by atoms with Crippen molar-refractivity contribution in [1.82, 2.24) is 30.2 Å². The molecule has 12 heteroatoms. The van der Waals surface area contributed by atoms with Crippen molar-refractivity contribution in [3.8, 4) is 5.75 Å². The number of nitrogens with zero attached hydrogens (tertiary/aromatic N) is 5. The van der Waals surface area contributed by atoms with Crippen LogP contribution in [0.25, 0.3) is 10.9 Å². The van der Waals surface area contributed by atoms with Crippen LogP contribution in [0.4, 0.5) is 29.1 Å². The van der Waals surface area contributed by atoms with E-state index in [1.54, 1.807) is 17.0 Å². The standard InChI is InChI=1S/C31H33N9O3/c41-27-19-43-25-7-8-26-36-28-23(30(42)33-12-3-1-2-4-15-40(27)29(25)37-26)18-34-31(38-28)35-21-5-6-24-20(17-21)11-16-39(24)22-9-13-32-14-10-22/h1,3,5-8,11,16-18,22,32H,2,4,9-10,12-15,19H2,(H,33,42)(H2,34,35,36,37,38)/b3-1-. The van der Waals surface area contributed by atoms with Gasteiger partial charge >= 0.3 is 0 Å². The number of aromatic nitrogens is 4. The van der Waals surface area contributed by atoms with E-state index < -0.39 is 0 Å². The Morgan fingerprint density at radius 1 is 1.02 bits per heavy atom. The summed E-state index contributed by atoms with van der Waals surface area (Å²) in [4.78, 5) is 41.3. The fourth-order valence-electron chi connectivity index (χ4n) is 5.79. The number of amides is 2. The third-order valence-electron chi connectivity index (χ3n) is 8.01. The van der Waals surface area contributed by atoms with Crippen molar-refractivity contribution in [2.75, 3.05) is 48.3 Å². The van der Waals surface area contributed by atoms with Crippen LogP contribution in [-0.2, 0) is 4.79 Å². The Morgan fingerprint density at radius 3 is 2.84 bits per heavy atom. The van der Waals surface area contributed by atoms with Crippen LogP contribution < -0.4 is 30.9 Å². The molecule has 0 radical (unpaired) electrons. The predicted molar refractivity (Wildman–Crippen MR) is 164 cm³/mol. The zero-order valence-corrected chi connectivity index (χ0v) is 23.7. The molecule has 0 saturated carbocycles. The van der Waals surface area contributed by atoms with Gasteiger partial charge in [-0.05, 0) is 75.2 Å². The molecule has 1 fully saturated rings. The van der Waals surface area contributed by atoms with Gasteiger partial charge in [0.2, 0.25) is 5.95 Å². The predicted octanol–water partition coefficient (Wildman–Crippen LogP) is 4.04. The van der Waals surface area contributed by atoms with Crippen molar-refractivity contribution < 1.29 is 14.3 Å². The van der Waals surface area contributed by atoms with E-state index in [9.17, 15) is 9.59 Å². The molecular formula is C31H33N9O3. The van der Waals surface area contributed by atoms with Crippen LogP contribution >= 0.6 is 0 Å². The molecule has 4 aromatic rings. The average Bonchev–Trinajstić information content (AvgIpc) is 3.45. The lowest BCUT2D eigenvalue weighted by Crippen LogP contribution is -2.40. The summed E-state index contributed by atoms with van der Waals surface area (Å²) in [5, 5.41) is 13.9. The van der Waals surface area contributed by atoms with Crippen LogP contribution in [0, 0.1) is 0 Å². The molecule has 3 aromatic heterocycles. The first-order valence-electron chi connectivity index (χ1n) is 14.7. The summed E-state index contributed by atoms with van der Waals surface area (Å²) in [6.07, 6.45) is 11.3. The highest BCUT2D eigenvalue weighted by molar-refractivity contribution is 6.00. The number of ether oxygens (including phenoxy) is 1. The minimum atomic E-state index is -0.313. The summed E-state index contributed by atoms with van der Waals surface area (Å²) >= 11 is 0. The molecule has 0 unspecified atom stereocenters. The summed E-state index contributed by atoms with van der Waals surface area (Å²) < 4.78 is 7.99. The van der Waals surface area contributed by atoms with E-state index in [2.05, 4.69) is 65.2 Å². The highest BCUT2D eigenvalue weighted by atomic mass is 16.5. The monoisotopic (exact) mass is 579 g/mol. The van der Waals surface area contributed by atoms with Gasteiger partial charge in [-0.2, -0.15) is 4.98 Å². The number of pyridine rings is 1. The van der Waals surface area contributed by atoms with Gasteiger partial charge in [0.15, 0.2) is 18.2 Å². The molecule has 0 atom stereocenters. The Hall–Kier alpha value is -4.97. The van der Waals surface area contributed by atoms with Gasteiger partial charge in [0.25, 0.3) is 11.8 Å². The molecule has 1 saturated heterocycles. The lowest BCUT2D eigenvalue weighted by atomic mass is 10.1. The molecule has 4 N–H and O–H groups in total. The van der Waals surface area contributed by atoms with Crippen LogP contribution in [0.5, 0.6) is 5.75 Å². The number of hydrogen-bond acceptors (Lipinski definition) is 9. The first kappa shape index (κ1) is 26.9.